The van der Waals surface area contributed by atoms with Gasteiger partial charge < -0.3 is 10.1 Å². The molecule has 5 rings (SSSR count). The lowest BCUT2D eigenvalue weighted by atomic mass is 10.0. The van der Waals surface area contributed by atoms with E-state index >= 15 is 0 Å². The lowest BCUT2D eigenvalue weighted by Gasteiger charge is -2.12. The summed E-state index contributed by atoms with van der Waals surface area (Å²) in [6.45, 7) is 2.05. The largest absolute Gasteiger partial charge is 0.478 e. The Labute approximate surface area is 176 Å². The zero-order valence-electron chi connectivity index (χ0n) is 16.6. The van der Waals surface area contributed by atoms with E-state index in [0.29, 0.717) is 11.5 Å². The van der Waals surface area contributed by atoms with Crippen LogP contribution >= 0.6 is 0 Å². The van der Waals surface area contributed by atoms with Crippen molar-refractivity contribution in [1.29, 1.82) is 0 Å². The first-order chi connectivity index (χ1) is 15.0. The number of aryl methyl sites for hydroxylation is 1. The van der Waals surface area contributed by atoms with E-state index in [1.807, 2.05) is 43.3 Å². The second-order valence-electron chi connectivity index (χ2n) is 7.33. The molecular weight excluding hydrogens is 392 g/mol. The Bertz CT molecular complexity index is 1500. The fraction of sp³-hybridized carbons (Fsp3) is 0.0417. The molecule has 31 heavy (non-hydrogen) atoms. The first-order valence-corrected chi connectivity index (χ1v) is 9.72. The van der Waals surface area contributed by atoms with Crippen molar-refractivity contribution < 1.29 is 14.7 Å². The zero-order valence-corrected chi connectivity index (χ0v) is 16.6. The van der Waals surface area contributed by atoms with Crippen molar-refractivity contribution in [2.24, 2.45) is 0 Å². The zero-order chi connectivity index (χ0) is 21.5. The summed E-state index contributed by atoms with van der Waals surface area (Å²) in [5, 5.41) is 13.3. The number of aromatic amines is 1. The van der Waals surface area contributed by atoms with Gasteiger partial charge in [0.15, 0.2) is 5.82 Å². The van der Waals surface area contributed by atoms with Gasteiger partial charge >= 0.3 is 5.97 Å². The van der Waals surface area contributed by atoms with Crippen molar-refractivity contribution >= 4 is 50.4 Å². The van der Waals surface area contributed by atoms with Gasteiger partial charge in [-0.25, -0.2) is 9.78 Å². The average molecular weight is 410 g/mol. The minimum absolute atomic E-state index is 0.0639. The van der Waals surface area contributed by atoms with Gasteiger partial charge in [-0.05, 0) is 36.6 Å². The number of hydrogen-bond donors (Lipinski definition) is 4. The Morgan fingerprint density at radius 3 is 2.39 bits per heavy atom. The second kappa shape index (κ2) is 7.14. The lowest BCUT2D eigenvalue weighted by molar-refractivity contribution is 0.0691. The third kappa shape index (κ3) is 3.12. The van der Waals surface area contributed by atoms with Gasteiger partial charge in [0.25, 0.3) is 5.91 Å². The van der Waals surface area contributed by atoms with E-state index < -0.39 is 11.9 Å². The number of H-pyrrole nitrogens is 1. The van der Waals surface area contributed by atoms with Crippen LogP contribution in [0.5, 0.6) is 0 Å². The molecule has 0 spiro atoms. The molecule has 152 valence electrons. The highest BCUT2D eigenvalue weighted by atomic mass is 16.4. The SMILES string of the molecule is Cc1ccc2[nH]c3nc(NNC(=O)c4ccccc4C(=O)O)c4ccccc4c3c2c1. The monoisotopic (exact) mass is 410 g/mol. The van der Waals surface area contributed by atoms with Crippen LogP contribution in [-0.2, 0) is 0 Å². The van der Waals surface area contributed by atoms with E-state index in [2.05, 4.69) is 21.9 Å². The summed E-state index contributed by atoms with van der Waals surface area (Å²) in [6, 6.07) is 20.1. The standard InChI is InChI=1S/C24H18N4O3/c1-13-10-11-19-18(12-13)20-14-6-2-3-7-15(14)21(26-22(20)25-19)27-28-23(29)16-8-4-5-9-17(16)24(30)31/h2-12H,1H3,(H,28,29)(H,30,31)(H2,25,26,27). The van der Waals surface area contributed by atoms with Crippen molar-refractivity contribution in [2.75, 3.05) is 5.43 Å². The van der Waals surface area contributed by atoms with Crippen molar-refractivity contribution in [3.63, 3.8) is 0 Å². The third-order valence-electron chi connectivity index (χ3n) is 5.31. The molecule has 0 unspecified atom stereocenters. The van der Waals surface area contributed by atoms with Crippen LogP contribution in [0.3, 0.4) is 0 Å². The Hall–Kier alpha value is -4.39. The summed E-state index contributed by atoms with van der Waals surface area (Å²) >= 11 is 0. The molecule has 0 radical (unpaired) electrons. The minimum Gasteiger partial charge on any atom is -0.478 e. The van der Waals surface area contributed by atoms with Gasteiger partial charge in [0.2, 0.25) is 0 Å². The number of carboxylic acids is 1. The van der Waals surface area contributed by atoms with Gasteiger partial charge in [-0.1, -0.05) is 48.0 Å². The Morgan fingerprint density at radius 2 is 1.61 bits per heavy atom. The number of anilines is 1. The van der Waals surface area contributed by atoms with Crippen LogP contribution in [0, 0.1) is 6.92 Å². The van der Waals surface area contributed by atoms with Crippen LogP contribution in [-0.4, -0.2) is 27.0 Å². The van der Waals surface area contributed by atoms with E-state index in [0.717, 1.165) is 32.6 Å². The fourth-order valence-electron chi connectivity index (χ4n) is 3.87. The number of aromatic nitrogens is 2. The number of hydrazine groups is 1. The summed E-state index contributed by atoms with van der Waals surface area (Å²) in [6.07, 6.45) is 0. The highest BCUT2D eigenvalue weighted by Gasteiger charge is 2.17. The number of rotatable bonds is 4. The van der Waals surface area contributed by atoms with Gasteiger partial charge in [0.05, 0.1) is 11.1 Å². The molecule has 0 fully saturated rings. The molecule has 0 aliphatic heterocycles. The third-order valence-corrected chi connectivity index (χ3v) is 5.31. The highest BCUT2D eigenvalue weighted by molar-refractivity contribution is 6.21. The number of aromatic carboxylic acids is 1. The molecule has 7 heteroatoms. The molecule has 4 N–H and O–H groups in total. The van der Waals surface area contributed by atoms with Crippen LogP contribution in [0.4, 0.5) is 5.82 Å². The first kappa shape index (κ1) is 18.6. The van der Waals surface area contributed by atoms with Gasteiger partial charge in [-0.15, -0.1) is 0 Å². The molecule has 0 saturated carbocycles. The number of amides is 1. The maximum Gasteiger partial charge on any atom is 0.336 e. The molecule has 2 aromatic heterocycles. The number of fused-ring (bicyclic) bond motifs is 5. The predicted molar refractivity (Wildman–Crippen MR) is 120 cm³/mol. The topological polar surface area (TPSA) is 107 Å². The number of carboxylic acid groups (broad SMARTS) is 1. The summed E-state index contributed by atoms with van der Waals surface area (Å²) in [5.74, 6) is -1.26. The van der Waals surface area contributed by atoms with Crippen LogP contribution in [0.2, 0.25) is 0 Å². The molecule has 0 bridgehead atoms. The molecule has 1 amide bonds. The van der Waals surface area contributed by atoms with Crippen molar-refractivity contribution in [3.8, 4) is 0 Å². The van der Waals surface area contributed by atoms with Crippen molar-refractivity contribution in [3.05, 3.63) is 83.4 Å². The summed E-state index contributed by atoms with van der Waals surface area (Å²) < 4.78 is 0. The van der Waals surface area contributed by atoms with E-state index in [1.54, 1.807) is 12.1 Å². The van der Waals surface area contributed by atoms with Crippen LogP contribution in [0.1, 0.15) is 26.3 Å². The normalized spacial score (nSPS) is 11.1. The number of benzene rings is 3. The van der Waals surface area contributed by atoms with Gasteiger partial charge in [0.1, 0.15) is 5.65 Å². The molecule has 0 saturated heterocycles. The van der Waals surface area contributed by atoms with E-state index in [1.165, 1.54) is 12.1 Å². The molecule has 0 aliphatic rings. The summed E-state index contributed by atoms with van der Waals surface area (Å²) in [5.41, 5.74) is 8.29. The lowest BCUT2D eigenvalue weighted by Crippen LogP contribution is -2.31. The molecule has 5 aromatic rings. The number of hydrogen-bond acceptors (Lipinski definition) is 4. The molecule has 3 aromatic carbocycles. The quantitative estimate of drug-likeness (QED) is 0.323. The van der Waals surface area contributed by atoms with Crippen molar-refractivity contribution in [2.45, 2.75) is 6.92 Å². The summed E-state index contributed by atoms with van der Waals surface area (Å²) in [7, 11) is 0. The molecule has 2 heterocycles. The number of nitrogens with zero attached hydrogens (tertiary/aromatic N) is 1. The number of pyridine rings is 1. The Balaban J connectivity index is 1.58. The number of carbonyl (C=O) groups is 2. The van der Waals surface area contributed by atoms with E-state index in [4.69, 9.17) is 4.98 Å². The Morgan fingerprint density at radius 1 is 0.903 bits per heavy atom. The molecule has 0 atom stereocenters. The fourth-order valence-corrected chi connectivity index (χ4v) is 3.87. The second-order valence-corrected chi connectivity index (χ2v) is 7.33. The predicted octanol–water partition coefficient (Wildman–Crippen LogP) is 4.63. The van der Waals surface area contributed by atoms with Gasteiger partial charge in [0, 0.05) is 21.7 Å². The Kier molecular flexibility index (Phi) is 4.29. The van der Waals surface area contributed by atoms with Gasteiger partial charge in [-0.3, -0.25) is 15.6 Å². The van der Waals surface area contributed by atoms with Crippen LogP contribution in [0.15, 0.2) is 66.7 Å². The van der Waals surface area contributed by atoms with Crippen LogP contribution < -0.4 is 10.9 Å². The van der Waals surface area contributed by atoms with Crippen LogP contribution in [0.25, 0.3) is 32.7 Å². The van der Waals surface area contributed by atoms with Crippen molar-refractivity contribution in [1.82, 2.24) is 15.4 Å². The maximum atomic E-state index is 12.6. The smallest absolute Gasteiger partial charge is 0.336 e. The minimum atomic E-state index is -1.16. The highest BCUT2D eigenvalue weighted by Crippen LogP contribution is 2.34. The van der Waals surface area contributed by atoms with Gasteiger partial charge in [-0.2, -0.15) is 0 Å². The number of nitrogens with one attached hydrogen (secondary N) is 3. The molecular formula is C24H18N4O3. The number of carbonyl (C=O) groups excluding carboxylic acids is 1. The first-order valence-electron chi connectivity index (χ1n) is 9.72. The molecule has 0 aliphatic carbocycles. The molecule has 7 nitrogen and oxygen atoms in total. The summed E-state index contributed by atoms with van der Waals surface area (Å²) in [4.78, 5) is 32.1. The average Bonchev–Trinajstić information content (AvgIpc) is 3.14. The van der Waals surface area contributed by atoms with E-state index in [9.17, 15) is 14.7 Å². The van der Waals surface area contributed by atoms with E-state index in [-0.39, 0.29) is 11.1 Å². The maximum absolute atomic E-state index is 12.6.